The van der Waals surface area contributed by atoms with Gasteiger partial charge < -0.3 is 50.4 Å². The van der Waals surface area contributed by atoms with E-state index in [4.69, 9.17) is 12.3 Å². The highest BCUT2D eigenvalue weighted by molar-refractivity contribution is 6.38. The second-order valence-electron chi connectivity index (χ2n) is 11.6. The number of hydrogen-bond donors (Lipinski definition) is 9. The number of aromatic hydroxyl groups is 9. The average Bonchev–Trinajstić information content (AvgIpc) is 3.50. The Labute approximate surface area is 276 Å². The lowest BCUT2D eigenvalue weighted by molar-refractivity contribution is 0.330. The summed E-state index contributed by atoms with van der Waals surface area (Å²) in [4.78, 5) is 0. The van der Waals surface area contributed by atoms with Gasteiger partial charge in [0.2, 0.25) is 23.0 Å². The summed E-state index contributed by atoms with van der Waals surface area (Å²) in [5, 5.41) is 100. The number of para-hydroxylation sites is 1. The number of hydrogen-bond acceptors (Lipinski definition) is 10. The Hall–Kier alpha value is -6.88. The minimum Gasteiger partial charge on any atom is -0.508 e. The zero-order valence-electron chi connectivity index (χ0n) is 25.1. The van der Waals surface area contributed by atoms with Gasteiger partial charge in [-0.3, -0.25) is 0 Å². The van der Waals surface area contributed by atoms with E-state index in [1.165, 1.54) is 0 Å². The van der Waals surface area contributed by atoms with E-state index < -0.39 is 57.2 Å². The zero-order valence-corrected chi connectivity index (χ0v) is 25.1. The molecule has 0 saturated heterocycles. The normalized spacial score (nSPS) is 11.7. The summed E-state index contributed by atoms with van der Waals surface area (Å²) in [6.45, 7) is 0. The monoisotopic (exact) mass is 650 g/mol. The van der Waals surface area contributed by atoms with Gasteiger partial charge in [0.15, 0.2) is 23.0 Å². The first-order valence-electron chi connectivity index (χ1n) is 14.9. The molecule has 0 spiro atoms. The lowest BCUT2D eigenvalue weighted by Gasteiger charge is -2.22. The van der Waals surface area contributed by atoms with Crippen molar-refractivity contribution in [2.24, 2.45) is 0 Å². The molecule has 0 aliphatic carbocycles. The van der Waals surface area contributed by atoms with E-state index in [9.17, 15) is 46.0 Å². The van der Waals surface area contributed by atoms with Crippen LogP contribution in [0.4, 0.5) is 0 Å². The van der Waals surface area contributed by atoms with Crippen LogP contribution < -0.4 is 5.46 Å². The van der Waals surface area contributed by atoms with Crippen LogP contribution in [-0.4, -0.2) is 53.8 Å². The van der Waals surface area contributed by atoms with E-state index >= 15 is 0 Å². The first-order chi connectivity index (χ1) is 23.5. The molecular formula is C38H23BO10. The van der Waals surface area contributed by atoms with E-state index in [2.05, 4.69) is 0 Å². The third kappa shape index (κ3) is 3.90. The van der Waals surface area contributed by atoms with Gasteiger partial charge in [0.25, 0.3) is 0 Å². The van der Waals surface area contributed by atoms with Gasteiger partial charge in [-0.1, -0.05) is 66.7 Å². The van der Waals surface area contributed by atoms with E-state index in [-0.39, 0.29) is 22.3 Å². The Kier molecular flexibility index (Phi) is 6.21. The van der Waals surface area contributed by atoms with E-state index in [0.717, 1.165) is 0 Å². The van der Waals surface area contributed by atoms with Gasteiger partial charge in [0, 0.05) is 21.9 Å². The Morgan fingerprint density at radius 3 is 1.33 bits per heavy atom. The SMILES string of the molecule is [B]c1c(O)c(O)c(O)c(-c2ccc3oc4ccccc4c3c2-c2c3ccccc3c(-c3c(O)c(O)c(O)c(O)c3O)c3ccccc23)c1O. The van der Waals surface area contributed by atoms with Crippen LogP contribution in [0.5, 0.6) is 51.7 Å². The van der Waals surface area contributed by atoms with Gasteiger partial charge in [-0.05, 0) is 56.3 Å². The molecule has 49 heavy (non-hydrogen) atoms. The minimum absolute atomic E-state index is 0.199. The van der Waals surface area contributed by atoms with Crippen LogP contribution in [0.25, 0.3) is 76.9 Å². The Balaban J connectivity index is 1.65. The molecule has 2 radical (unpaired) electrons. The summed E-state index contributed by atoms with van der Waals surface area (Å²) in [5.41, 5.74) is 1.16. The second kappa shape index (κ2) is 10.3. The number of rotatable bonds is 3. The number of fused-ring (bicyclic) bond motifs is 5. The number of furan rings is 1. The van der Waals surface area contributed by atoms with E-state index in [0.29, 0.717) is 54.6 Å². The quantitative estimate of drug-likeness (QED) is 0.0414. The molecule has 0 unspecified atom stereocenters. The molecule has 238 valence electrons. The van der Waals surface area contributed by atoms with Crippen molar-refractivity contribution in [2.45, 2.75) is 0 Å². The molecule has 0 fully saturated rings. The molecule has 10 nitrogen and oxygen atoms in total. The highest BCUT2D eigenvalue weighted by Gasteiger charge is 2.31. The van der Waals surface area contributed by atoms with Crippen LogP contribution in [-0.2, 0) is 0 Å². The first-order valence-corrected chi connectivity index (χ1v) is 14.9. The molecule has 9 N–H and O–H groups in total. The van der Waals surface area contributed by atoms with Crippen molar-refractivity contribution in [1.29, 1.82) is 0 Å². The smallest absolute Gasteiger partial charge is 0.208 e. The molecule has 0 amide bonds. The second-order valence-corrected chi connectivity index (χ2v) is 11.6. The molecule has 1 aromatic heterocycles. The van der Waals surface area contributed by atoms with Crippen LogP contribution in [0.2, 0.25) is 0 Å². The first kappa shape index (κ1) is 29.5. The van der Waals surface area contributed by atoms with Crippen molar-refractivity contribution in [3.05, 3.63) is 84.9 Å². The van der Waals surface area contributed by atoms with Crippen molar-refractivity contribution in [2.75, 3.05) is 0 Å². The summed E-state index contributed by atoms with van der Waals surface area (Å²) in [5.74, 6) is -8.24. The van der Waals surface area contributed by atoms with Gasteiger partial charge in [-0.15, -0.1) is 0 Å². The van der Waals surface area contributed by atoms with Gasteiger partial charge in [-0.25, -0.2) is 0 Å². The molecule has 0 saturated carbocycles. The van der Waals surface area contributed by atoms with Crippen molar-refractivity contribution in [3.63, 3.8) is 0 Å². The molecule has 1 heterocycles. The van der Waals surface area contributed by atoms with Crippen LogP contribution >= 0.6 is 0 Å². The van der Waals surface area contributed by atoms with Crippen LogP contribution in [0.3, 0.4) is 0 Å². The molecule has 8 rings (SSSR count). The number of benzene rings is 7. The molecular weight excluding hydrogens is 627 g/mol. The summed E-state index contributed by atoms with van der Waals surface area (Å²) >= 11 is 0. The molecule has 8 aromatic rings. The molecule has 0 aliphatic heterocycles. The lowest BCUT2D eigenvalue weighted by Crippen LogP contribution is -2.06. The Morgan fingerprint density at radius 2 is 0.776 bits per heavy atom. The fraction of sp³-hybridized carbons (Fsp3) is 0. The van der Waals surface area contributed by atoms with Crippen LogP contribution in [0, 0.1) is 0 Å². The number of phenols is 9. The predicted octanol–water partition coefficient (Wildman–Crippen LogP) is 7.04. The van der Waals surface area contributed by atoms with E-state index in [1.54, 1.807) is 66.7 Å². The molecule has 0 atom stereocenters. The highest BCUT2D eigenvalue weighted by Crippen LogP contribution is 2.59. The van der Waals surface area contributed by atoms with Gasteiger partial charge in [-0.2, -0.15) is 0 Å². The van der Waals surface area contributed by atoms with Crippen LogP contribution in [0.15, 0.2) is 89.3 Å². The largest absolute Gasteiger partial charge is 0.508 e. The minimum atomic E-state index is -1.09. The van der Waals surface area contributed by atoms with Crippen molar-refractivity contribution in [3.8, 4) is 85.1 Å². The van der Waals surface area contributed by atoms with Crippen LogP contribution in [0.1, 0.15) is 0 Å². The Bertz CT molecular complexity index is 2620. The number of phenolic OH excluding ortho intramolecular Hbond substituents is 9. The standard InChI is InChI=1S/C38H23BO10/c39-29-30(40)27(31(41)35(45)34(29)44)20-13-14-22-25(19-11-5-6-12-21(19)49-22)26(20)23-15-7-1-3-9-17(15)24(18-10-4-2-8-16(18)23)28-32(42)36(46)38(48)37(47)33(28)43/h1-14,40-48H. The fourth-order valence-electron chi connectivity index (χ4n) is 6.85. The summed E-state index contributed by atoms with van der Waals surface area (Å²) in [6.07, 6.45) is 0. The molecule has 7 aromatic carbocycles. The van der Waals surface area contributed by atoms with Gasteiger partial charge >= 0.3 is 0 Å². The maximum Gasteiger partial charge on any atom is 0.208 e. The third-order valence-corrected chi connectivity index (χ3v) is 9.05. The average molecular weight is 650 g/mol. The maximum atomic E-state index is 11.3. The molecule has 0 bridgehead atoms. The van der Waals surface area contributed by atoms with Crippen molar-refractivity contribution >= 4 is 56.8 Å². The zero-order chi connectivity index (χ0) is 34.5. The fourth-order valence-corrected chi connectivity index (χ4v) is 6.85. The van der Waals surface area contributed by atoms with Gasteiger partial charge in [0.05, 0.1) is 11.1 Å². The third-order valence-electron chi connectivity index (χ3n) is 9.05. The van der Waals surface area contributed by atoms with Gasteiger partial charge in [0.1, 0.15) is 24.8 Å². The molecule has 0 aliphatic rings. The molecule has 11 heteroatoms. The topological polar surface area (TPSA) is 195 Å². The van der Waals surface area contributed by atoms with Crippen molar-refractivity contribution < 1.29 is 50.4 Å². The summed E-state index contributed by atoms with van der Waals surface area (Å²) in [6, 6.07) is 24.3. The summed E-state index contributed by atoms with van der Waals surface area (Å²) < 4.78 is 6.23. The summed E-state index contributed by atoms with van der Waals surface area (Å²) in [7, 11) is 5.99. The lowest BCUT2D eigenvalue weighted by atomic mass is 9.80. The maximum absolute atomic E-state index is 11.3. The highest BCUT2D eigenvalue weighted by atomic mass is 16.4. The Morgan fingerprint density at radius 1 is 0.347 bits per heavy atom. The van der Waals surface area contributed by atoms with Crippen molar-refractivity contribution in [1.82, 2.24) is 0 Å². The van der Waals surface area contributed by atoms with E-state index in [1.807, 2.05) is 18.2 Å². The predicted molar refractivity (Wildman–Crippen MR) is 185 cm³/mol.